The average molecular weight is 279 g/mol. The Morgan fingerprint density at radius 1 is 1.63 bits per heavy atom. The van der Waals surface area contributed by atoms with Crippen LogP contribution in [0.4, 0.5) is 5.69 Å². The van der Waals surface area contributed by atoms with Crippen LogP contribution in [0.3, 0.4) is 0 Å². The van der Waals surface area contributed by atoms with Crippen molar-refractivity contribution in [3.63, 3.8) is 0 Å². The van der Waals surface area contributed by atoms with Crippen molar-refractivity contribution >= 4 is 27.9 Å². The molecule has 0 bridgehead atoms. The highest BCUT2D eigenvalue weighted by molar-refractivity contribution is 7.15. The normalized spacial score (nSPS) is 18.9. The fourth-order valence-corrected chi connectivity index (χ4v) is 2.87. The Morgan fingerprint density at radius 3 is 3.21 bits per heavy atom. The second kappa shape index (κ2) is 4.75. The first kappa shape index (κ1) is 12.3. The van der Waals surface area contributed by atoms with Gasteiger partial charge in [-0.15, -0.1) is 11.3 Å². The summed E-state index contributed by atoms with van der Waals surface area (Å²) in [6, 6.07) is 0. The van der Waals surface area contributed by atoms with Crippen molar-refractivity contribution in [3.8, 4) is 0 Å². The molecule has 0 spiro atoms. The molecule has 0 saturated carbocycles. The van der Waals surface area contributed by atoms with Gasteiger partial charge in [-0.2, -0.15) is 0 Å². The van der Waals surface area contributed by atoms with E-state index >= 15 is 0 Å². The Hall–Kier alpha value is -1.73. The van der Waals surface area contributed by atoms with Crippen LogP contribution in [0, 0.1) is 6.92 Å². The summed E-state index contributed by atoms with van der Waals surface area (Å²) in [5.41, 5.74) is 0.505. The zero-order valence-electron chi connectivity index (χ0n) is 10.4. The van der Waals surface area contributed by atoms with Gasteiger partial charge in [0.25, 0.3) is 11.5 Å². The quantitative estimate of drug-likeness (QED) is 0.896. The molecule has 0 aromatic carbocycles. The van der Waals surface area contributed by atoms with E-state index in [-0.39, 0.29) is 17.2 Å². The lowest BCUT2D eigenvalue weighted by atomic mass is 10.2. The van der Waals surface area contributed by atoms with Crippen LogP contribution in [0.2, 0.25) is 0 Å². The van der Waals surface area contributed by atoms with Gasteiger partial charge in [0.15, 0.2) is 4.96 Å². The molecule has 1 atom stereocenters. The number of thiazole rings is 1. The lowest BCUT2D eigenvalue weighted by Gasteiger charge is -2.11. The molecule has 100 valence electrons. The third kappa shape index (κ3) is 2.15. The Bertz CT molecular complexity index is 685. The minimum absolute atomic E-state index is 0.233. The van der Waals surface area contributed by atoms with Gasteiger partial charge in [-0.05, 0) is 19.8 Å². The van der Waals surface area contributed by atoms with Crippen LogP contribution >= 0.6 is 11.3 Å². The molecule has 0 radical (unpaired) electrons. The maximum atomic E-state index is 12.2. The van der Waals surface area contributed by atoms with E-state index in [0.29, 0.717) is 23.7 Å². The van der Waals surface area contributed by atoms with Crippen LogP contribution in [0.5, 0.6) is 0 Å². The number of aryl methyl sites for hydroxylation is 1. The van der Waals surface area contributed by atoms with Gasteiger partial charge >= 0.3 is 0 Å². The molecule has 6 nitrogen and oxygen atoms in total. The molecule has 3 heterocycles. The van der Waals surface area contributed by atoms with Crippen molar-refractivity contribution in [2.75, 3.05) is 11.9 Å². The van der Waals surface area contributed by atoms with Crippen LogP contribution in [0.25, 0.3) is 4.96 Å². The van der Waals surface area contributed by atoms with E-state index in [9.17, 15) is 9.59 Å². The zero-order chi connectivity index (χ0) is 13.4. The topological polar surface area (TPSA) is 72.7 Å². The second-order valence-corrected chi connectivity index (χ2v) is 5.30. The van der Waals surface area contributed by atoms with E-state index in [1.54, 1.807) is 18.5 Å². The molecule has 1 aliphatic heterocycles. The molecule has 1 amide bonds. The summed E-state index contributed by atoms with van der Waals surface area (Å²) in [4.78, 5) is 29.1. The first-order valence-corrected chi connectivity index (χ1v) is 6.93. The van der Waals surface area contributed by atoms with Gasteiger partial charge in [-0.25, -0.2) is 4.98 Å². The summed E-state index contributed by atoms with van der Waals surface area (Å²) >= 11 is 1.38. The highest BCUT2D eigenvalue weighted by Crippen LogP contribution is 2.16. The molecule has 1 aliphatic rings. The largest absolute Gasteiger partial charge is 0.368 e. The molecule has 19 heavy (non-hydrogen) atoms. The second-order valence-electron chi connectivity index (χ2n) is 4.42. The molecular formula is C12H13N3O3S. The van der Waals surface area contributed by atoms with Crippen molar-refractivity contribution in [1.82, 2.24) is 9.38 Å². The Kier molecular flexibility index (Phi) is 3.08. The maximum absolute atomic E-state index is 12.2. The Morgan fingerprint density at radius 2 is 2.47 bits per heavy atom. The van der Waals surface area contributed by atoms with E-state index in [2.05, 4.69) is 10.3 Å². The summed E-state index contributed by atoms with van der Waals surface area (Å²) in [7, 11) is 0. The number of rotatable bonds is 2. The number of ether oxygens (including phenoxy) is 1. The Labute approximate surface area is 113 Å². The predicted octanol–water partition coefficient (Wildman–Crippen LogP) is 1.18. The average Bonchev–Trinajstić information content (AvgIpc) is 3.04. The summed E-state index contributed by atoms with van der Waals surface area (Å²) in [6.07, 6.45) is 2.76. The van der Waals surface area contributed by atoms with Crippen LogP contribution in [-0.2, 0) is 9.53 Å². The van der Waals surface area contributed by atoms with Gasteiger partial charge in [0, 0.05) is 18.2 Å². The van der Waals surface area contributed by atoms with E-state index < -0.39 is 6.10 Å². The molecule has 0 aliphatic carbocycles. The standard InChI is InChI=1S/C12H13N3O3S/c1-7-9(14-10(16)8-3-2-5-18-8)11(17)15-4-6-19-12(15)13-7/h4,6,8H,2-3,5H2,1H3,(H,14,16). The van der Waals surface area contributed by atoms with Gasteiger partial charge in [-0.1, -0.05) is 0 Å². The van der Waals surface area contributed by atoms with Crippen molar-refractivity contribution in [2.45, 2.75) is 25.9 Å². The van der Waals surface area contributed by atoms with E-state index in [1.807, 2.05) is 0 Å². The number of hydrogen-bond acceptors (Lipinski definition) is 5. The van der Waals surface area contributed by atoms with Crippen LogP contribution in [0.1, 0.15) is 18.5 Å². The van der Waals surface area contributed by atoms with Crippen molar-refractivity contribution in [1.29, 1.82) is 0 Å². The maximum Gasteiger partial charge on any atom is 0.282 e. The fourth-order valence-electron chi connectivity index (χ4n) is 2.11. The zero-order valence-corrected chi connectivity index (χ0v) is 11.2. The number of nitrogens with zero attached hydrogens (tertiary/aromatic N) is 2. The summed E-state index contributed by atoms with van der Waals surface area (Å²) in [5, 5.41) is 4.43. The molecule has 2 aromatic heterocycles. The van der Waals surface area contributed by atoms with E-state index in [4.69, 9.17) is 4.74 Å². The van der Waals surface area contributed by atoms with Gasteiger partial charge in [0.1, 0.15) is 11.8 Å². The SMILES string of the molecule is Cc1nc2sccn2c(=O)c1NC(=O)C1CCCO1. The van der Waals surface area contributed by atoms with Crippen molar-refractivity contribution < 1.29 is 9.53 Å². The van der Waals surface area contributed by atoms with Crippen LogP contribution < -0.4 is 10.9 Å². The Balaban J connectivity index is 1.95. The smallest absolute Gasteiger partial charge is 0.282 e. The third-order valence-corrected chi connectivity index (χ3v) is 3.87. The minimum Gasteiger partial charge on any atom is -0.368 e. The highest BCUT2D eigenvalue weighted by atomic mass is 32.1. The molecular weight excluding hydrogens is 266 g/mol. The number of aromatic nitrogens is 2. The van der Waals surface area contributed by atoms with E-state index in [0.717, 1.165) is 6.42 Å². The van der Waals surface area contributed by atoms with Crippen molar-refractivity contribution in [2.24, 2.45) is 0 Å². The molecule has 1 unspecified atom stereocenters. The van der Waals surface area contributed by atoms with Gasteiger partial charge in [-0.3, -0.25) is 14.0 Å². The molecule has 1 N–H and O–H groups in total. The van der Waals surface area contributed by atoms with Gasteiger partial charge in [0.2, 0.25) is 0 Å². The van der Waals surface area contributed by atoms with E-state index in [1.165, 1.54) is 15.7 Å². The first-order chi connectivity index (χ1) is 9.16. The van der Waals surface area contributed by atoms with Crippen LogP contribution in [-0.4, -0.2) is 28.0 Å². The number of amides is 1. The monoisotopic (exact) mass is 279 g/mol. The summed E-state index contributed by atoms with van der Waals surface area (Å²) in [5.74, 6) is -0.269. The first-order valence-electron chi connectivity index (χ1n) is 6.06. The number of hydrogen-bond donors (Lipinski definition) is 1. The fraction of sp³-hybridized carbons (Fsp3) is 0.417. The van der Waals surface area contributed by atoms with Crippen LogP contribution in [0.15, 0.2) is 16.4 Å². The molecule has 2 aromatic rings. The number of anilines is 1. The highest BCUT2D eigenvalue weighted by Gasteiger charge is 2.25. The molecule has 1 saturated heterocycles. The number of fused-ring (bicyclic) bond motifs is 1. The number of carbonyl (C=O) groups excluding carboxylic acids is 1. The lowest BCUT2D eigenvalue weighted by Crippen LogP contribution is -2.31. The molecule has 3 rings (SSSR count). The van der Waals surface area contributed by atoms with Crippen molar-refractivity contribution in [3.05, 3.63) is 27.6 Å². The van der Waals surface area contributed by atoms with Gasteiger partial charge in [0.05, 0.1) is 5.69 Å². The molecule has 7 heteroatoms. The molecule has 1 fully saturated rings. The number of nitrogens with one attached hydrogen (secondary N) is 1. The lowest BCUT2D eigenvalue weighted by molar-refractivity contribution is -0.124. The summed E-state index contributed by atoms with van der Waals surface area (Å²) < 4.78 is 6.73. The third-order valence-electron chi connectivity index (χ3n) is 3.12. The van der Waals surface area contributed by atoms with Gasteiger partial charge < -0.3 is 10.1 Å². The minimum atomic E-state index is -0.457. The predicted molar refractivity (Wildman–Crippen MR) is 71.7 cm³/mol. The summed E-state index contributed by atoms with van der Waals surface area (Å²) in [6.45, 7) is 2.31. The number of carbonyl (C=O) groups is 1.